The number of rotatable bonds is 6. The molecule has 1 atom stereocenters. The van der Waals surface area contributed by atoms with Crippen molar-refractivity contribution >= 4 is 11.9 Å². The number of aliphatic carboxylic acids is 1. The third kappa shape index (κ3) is 4.55. The first-order valence-corrected chi connectivity index (χ1v) is 6.12. The Morgan fingerprint density at radius 2 is 2.05 bits per heavy atom. The second-order valence-corrected chi connectivity index (χ2v) is 4.95. The molecule has 0 aromatic heterocycles. The minimum atomic E-state index is -1.50. The lowest BCUT2D eigenvalue weighted by atomic mass is 10.0. The van der Waals surface area contributed by atoms with E-state index < -0.39 is 23.9 Å². The zero-order chi connectivity index (χ0) is 15.3. The fourth-order valence-electron chi connectivity index (χ4n) is 1.75. The Hall–Kier alpha value is -2.08. The molecule has 0 spiro atoms. The van der Waals surface area contributed by atoms with Crippen LogP contribution in [-0.2, 0) is 4.79 Å². The number of nitrogens with one attached hydrogen (secondary N) is 1. The van der Waals surface area contributed by atoms with Gasteiger partial charge in [-0.1, -0.05) is 11.6 Å². The van der Waals surface area contributed by atoms with Crippen LogP contribution in [-0.4, -0.2) is 41.3 Å². The maximum atomic E-state index is 12.1. The minimum absolute atomic E-state index is 0.158. The summed E-state index contributed by atoms with van der Waals surface area (Å²) in [5.41, 5.74) is -0.259. The Kier molecular flexibility index (Phi) is 5.10. The van der Waals surface area contributed by atoms with E-state index in [9.17, 15) is 14.7 Å². The molecule has 6 nitrogen and oxygen atoms in total. The van der Waals surface area contributed by atoms with Crippen molar-refractivity contribution in [1.29, 1.82) is 0 Å². The largest absolute Gasteiger partial charge is 0.496 e. The Balaban J connectivity index is 2.77. The Labute approximate surface area is 117 Å². The highest BCUT2D eigenvalue weighted by molar-refractivity contribution is 5.97. The fraction of sp³-hybridized carbons (Fsp3) is 0.429. The van der Waals surface area contributed by atoms with Gasteiger partial charge >= 0.3 is 5.97 Å². The topological polar surface area (TPSA) is 95.9 Å². The molecule has 1 aromatic carbocycles. The van der Waals surface area contributed by atoms with Gasteiger partial charge in [-0.3, -0.25) is 9.59 Å². The normalized spacial score (nSPS) is 13.4. The molecule has 1 aromatic rings. The van der Waals surface area contributed by atoms with E-state index in [2.05, 4.69) is 5.32 Å². The maximum absolute atomic E-state index is 12.1. The Bertz CT molecular complexity index is 510. The smallest absolute Gasteiger partial charge is 0.306 e. The van der Waals surface area contributed by atoms with E-state index in [1.807, 2.05) is 13.0 Å². The molecule has 1 rings (SSSR count). The van der Waals surface area contributed by atoms with Gasteiger partial charge in [-0.15, -0.1) is 0 Å². The lowest BCUT2D eigenvalue weighted by molar-refractivity contribution is -0.141. The van der Waals surface area contributed by atoms with Gasteiger partial charge in [0.15, 0.2) is 0 Å². The number of carboxylic acid groups (broad SMARTS) is 1. The number of methoxy groups -OCH3 is 1. The van der Waals surface area contributed by atoms with Gasteiger partial charge in [0.25, 0.3) is 5.91 Å². The summed E-state index contributed by atoms with van der Waals surface area (Å²) in [6.45, 7) is 3.04. The van der Waals surface area contributed by atoms with Crippen molar-refractivity contribution in [3.8, 4) is 5.75 Å². The van der Waals surface area contributed by atoms with E-state index in [0.29, 0.717) is 11.3 Å². The Morgan fingerprint density at radius 3 is 2.60 bits per heavy atom. The molecule has 0 saturated heterocycles. The predicted octanol–water partition coefficient (Wildman–Crippen LogP) is 0.959. The van der Waals surface area contributed by atoms with Crippen LogP contribution in [0, 0.1) is 6.92 Å². The summed E-state index contributed by atoms with van der Waals surface area (Å²) in [7, 11) is 1.46. The molecule has 0 aliphatic carbocycles. The maximum Gasteiger partial charge on any atom is 0.306 e. The van der Waals surface area contributed by atoms with Gasteiger partial charge < -0.3 is 20.3 Å². The average molecular weight is 281 g/mol. The number of amides is 1. The SMILES string of the molecule is COc1ccc(C)cc1C(=O)NCC(C)(O)CC(=O)O. The number of carbonyl (C=O) groups is 2. The quantitative estimate of drug-likeness (QED) is 0.721. The molecule has 0 heterocycles. The van der Waals surface area contributed by atoms with E-state index in [1.54, 1.807) is 12.1 Å². The van der Waals surface area contributed by atoms with Gasteiger partial charge in [0.2, 0.25) is 0 Å². The van der Waals surface area contributed by atoms with E-state index in [0.717, 1.165) is 5.56 Å². The van der Waals surface area contributed by atoms with E-state index >= 15 is 0 Å². The number of ether oxygens (including phenoxy) is 1. The zero-order valence-electron chi connectivity index (χ0n) is 11.8. The molecule has 0 bridgehead atoms. The van der Waals surface area contributed by atoms with Crippen molar-refractivity contribution in [3.63, 3.8) is 0 Å². The predicted molar refractivity (Wildman–Crippen MR) is 72.9 cm³/mol. The van der Waals surface area contributed by atoms with Gasteiger partial charge in [0, 0.05) is 6.54 Å². The standard InChI is InChI=1S/C14H19NO5/c1-9-4-5-11(20-3)10(6-9)13(18)15-8-14(2,19)7-12(16)17/h4-6,19H,7-8H2,1-3H3,(H,15,18)(H,16,17). The van der Waals surface area contributed by atoms with E-state index in [1.165, 1.54) is 14.0 Å². The summed E-state index contributed by atoms with van der Waals surface area (Å²) >= 11 is 0. The molecule has 0 radical (unpaired) electrons. The summed E-state index contributed by atoms with van der Waals surface area (Å²) < 4.78 is 5.10. The van der Waals surface area contributed by atoms with Crippen LogP contribution in [0.1, 0.15) is 29.3 Å². The second-order valence-electron chi connectivity index (χ2n) is 4.95. The van der Waals surface area contributed by atoms with Crippen molar-refractivity contribution in [2.75, 3.05) is 13.7 Å². The van der Waals surface area contributed by atoms with Gasteiger partial charge in [-0.25, -0.2) is 0 Å². The zero-order valence-corrected chi connectivity index (χ0v) is 11.8. The Morgan fingerprint density at radius 1 is 1.40 bits per heavy atom. The summed E-state index contributed by atoms with van der Waals surface area (Å²) in [5.74, 6) is -1.13. The van der Waals surface area contributed by atoms with Crippen molar-refractivity contribution in [2.45, 2.75) is 25.9 Å². The third-order valence-corrected chi connectivity index (χ3v) is 2.76. The lowest BCUT2D eigenvalue weighted by Crippen LogP contribution is -2.42. The van der Waals surface area contributed by atoms with Crippen LogP contribution in [0.15, 0.2) is 18.2 Å². The highest BCUT2D eigenvalue weighted by Crippen LogP contribution is 2.19. The molecule has 20 heavy (non-hydrogen) atoms. The first-order valence-electron chi connectivity index (χ1n) is 6.12. The highest BCUT2D eigenvalue weighted by Gasteiger charge is 2.25. The van der Waals surface area contributed by atoms with E-state index in [4.69, 9.17) is 9.84 Å². The van der Waals surface area contributed by atoms with Crippen LogP contribution < -0.4 is 10.1 Å². The van der Waals surface area contributed by atoms with Crippen LogP contribution in [0.5, 0.6) is 5.75 Å². The van der Waals surface area contributed by atoms with Crippen molar-refractivity contribution in [1.82, 2.24) is 5.32 Å². The van der Waals surface area contributed by atoms with E-state index in [-0.39, 0.29) is 6.54 Å². The number of hydrogen-bond acceptors (Lipinski definition) is 4. The van der Waals surface area contributed by atoms with Crippen molar-refractivity contribution in [2.24, 2.45) is 0 Å². The molecule has 6 heteroatoms. The average Bonchev–Trinajstić information content (AvgIpc) is 2.34. The first kappa shape index (κ1) is 16.0. The fourth-order valence-corrected chi connectivity index (χ4v) is 1.75. The lowest BCUT2D eigenvalue weighted by Gasteiger charge is -2.21. The van der Waals surface area contributed by atoms with Gasteiger partial charge in [0.05, 0.1) is 24.7 Å². The number of aliphatic hydroxyl groups is 1. The summed E-state index contributed by atoms with van der Waals surface area (Å²) in [6.07, 6.45) is -0.446. The monoisotopic (exact) mass is 281 g/mol. The van der Waals surface area contributed by atoms with Crippen LogP contribution in [0.4, 0.5) is 0 Å². The van der Waals surface area contributed by atoms with Crippen molar-refractivity contribution in [3.05, 3.63) is 29.3 Å². The summed E-state index contributed by atoms with van der Waals surface area (Å²) in [6, 6.07) is 5.16. The van der Waals surface area contributed by atoms with Crippen LogP contribution in [0.3, 0.4) is 0 Å². The van der Waals surface area contributed by atoms with Crippen LogP contribution in [0.25, 0.3) is 0 Å². The van der Waals surface area contributed by atoms with Gasteiger partial charge in [0.1, 0.15) is 5.75 Å². The third-order valence-electron chi connectivity index (χ3n) is 2.76. The molecule has 0 fully saturated rings. The molecular weight excluding hydrogens is 262 g/mol. The van der Waals surface area contributed by atoms with Crippen LogP contribution in [0.2, 0.25) is 0 Å². The second kappa shape index (κ2) is 6.38. The number of aryl methyl sites for hydroxylation is 1. The molecule has 3 N–H and O–H groups in total. The number of carboxylic acids is 1. The number of hydrogen-bond donors (Lipinski definition) is 3. The number of carbonyl (C=O) groups excluding carboxylic acids is 1. The van der Waals surface area contributed by atoms with Crippen LogP contribution >= 0.6 is 0 Å². The molecule has 1 amide bonds. The molecule has 1 unspecified atom stereocenters. The molecular formula is C14H19NO5. The number of benzene rings is 1. The highest BCUT2D eigenvalue weighted by atomic mass is 16.5. The van der Waals surface area contributed by atoms with Crippen molar-refractivity contribution < 1.29 is 24.5 Å². The first-order chi connectivity index (χ1) is 9.25. The molecule has 0 aliphatic heterocycles. The molecule has 0 saturated carbocycles. The van der Waals surface area contributed by atoms with Gasteiger partial charge in [-0.2, -0.15) is 0 Å². The van der Waals surface area contributed by atoms with Gasteiger partial charge in [-0.05, 0) is 26.0 Å². The minimum Gasteiger partial charge on any atom is -0.496 e. The summed E-state index contributed by atoms with van der Waals surface area (Å²) in [5, 5.41) is 21.0. The molecule has 0 aliphatic rings. The molecule has 110 valence electrons. The summed E-state index contributed by atoms with van der Waals surface area (Å²) in [4.78, 5) is 22.6.